The smallest absolute Gasteiger partial charge is 0.222 e. The Labute approximate surface area is 95.4 Å². The Hall–Kier alpha value is -0.0900. The number of hydrogen-bond donors (Lipinski definition) is 1. The first kappa shape index (κ1) is 13.9. The predicted molar refractivity (Wildman–Crippen MR) is 63.8 cm³/mol. The van der Waals surface area contributed by atoms with Crippen LogP contribution in [0.5, 0.6) is 0 Å². The van der Waals surface area contributed by atoms with E-state index in [1.54, 1.807) is 0 Å². The summed E-state index contributed by atoms with van der Waals surface area (Å²) in [5, 5.41) is 4.06. The highest BCUT2D eigenvalue weighted by molar-refractivity contribution is 9.09. The van der Waals surface area contributed by atoms with Crippen LogP contribution in [-0.4, -0.2) is 43.3 Å². The highest BCUT2D eigenvalue weighted by Crippen LogP contribution is 2.01. The van der Waals surface area contributed by atoms with E-state index in [1.807, 2.05) is 19.0 Å². The molecule has 0 atom stereocenters. The second-order valence-electron chi connectivity index (χ2n) is 3.42. The molecule has 0 rings (SSSR count). The van der Waals surface area contributed by atoms with E-state index in [4.69, 9.17) is 0 Å². The maximum absolute atomic E-state index is 11.5. The van der Waals surface area contributed by atoms with Gasteiger partial charge in [0.05, 0.1) is 0 Å². The Morgan fingerprint density at radius 2 is 2.07 bits per heavy atom. The highest BCUT2D eigenvalue weighted by Gasteiger charge is 2.06. The van der Waals surface area contributed by atoms with E-state index in [1.165, 1.54) is 0 Å². The van der Waals surface area contributed by atoms with Crippen molar-refractivity contribution in [1.29, 1.82) is 0 Å². The van der Waals surface area contributed by atoms with Gasteiger partial charge in [0.15, 0.2) is 0 Å². The van der Waals surface area contributed by atoms with Gasteiger partial charge in [0, 0.05) is 25.3 Å². The lowest BCUT2D eigenvalue weighted by molar-refractivity contribution is -0.130. The summed E-state index contributed by atoms with van der Waals surface area (Å²) in [4.78, 5) is 13.3. The van der Waals surface area contributed by atoms with Crippen LogP contribution in [0.2, 0.25) is 0 Å². The Kier molecular flexibility index (Phi) is 9.40. The van der Waals surface area contributed by atoms with Gasteiger partial charge in [-0.3, -0.25) is 4.79 Å². The third-order valence-electron chi connectivity index (χ3n) is 2.12. The Morgan fingerprint density at radius 3 is 2.64 bits per heavy atom. The quantitative estimate of drug-likeness (QED) is 0.534. The summed E-state index contributed by atoms with van der Waals surface area (Å²) in [7, 11) is 3.81. The molecule has 0 saturated carbocycles. The number of unbranched alkanes of at least 4 members (excludes halogenated alkanes) is 1. The van der Waals surface area contributed by atoms with Gasteiger partial charge in [-0.15, -0.1) is 0 Å². The maximum Gasteiger partial charge on any atom is 0.222 e. The molecule has 0 spiro atoms. The largest absolute Gasteiger partial charge is 0.346 e. The molecule has 3 nitrogen and oxygen atoms in total. The van der Waals surface area contributed by atoms with E-state index < -0.39 is 0 Å². The number of alkyl halides is 1. The molecule has 0 aliphatic carbocycles. The first-order valence-corrected chi connectivity index (χ1v) is 6.29. The number of hydrogen-bond acceptors (Lipinski definition) is 2. The van der Waals surface area contributed by atoms with E-state index in [9.17, 15) is 4.79 Å². The second-order valence-corrected chi connectivity index (χ2v) is 4.21. The molecule has 0 radical (unpaired) electrons. The summed E-state index contributed by atoms with van der Waals surface area (Å²) < 4.78 is 0. The van der Waals surface area contributed by atoms with Crippen molar-refractivity contribution in [2.24, 2.45) is 0 Å². The molecule has 0 heterocycles. The monoisotopic (exact) mass is 264 g/mol. The van der Waals surface area contributed by atoms with Gasteiger partial charge in [-0.2, -0.15) is 0 Å². The molecule has 4 heteroatoms. The van der Waals surface area contributed by atoms with Crippen molar-refractivity contribution in [3.8, 4) is 0 Å². The molecule has 0 aromatic rings. The minimum Gasteiger partial charge on any atom is -0.346 e. The number of nitrogens with zero attached hydrogens (tertiary/aromatic N) is 1. The number of rotatable bonds is 8. The van der Waals surface area contributed by atoms with Crippen molar-refractivity contribution in [2.45, 2.75) is 25.7 Å². The summed E-state index contributed by atoms with van der Waals surface area (Å²) in [6.45, 7) is 1.83. The zero-order valence-electron chi connectivity index (χ0n) is 9.18. The molecule has 84 valence electrons. The number of nitrogens with one attached hydrogen (secondary N) is 1. The minimum atomic E-state index is 0.266. The molecule has 1 amide bonds. The lowest BCUT2D eigenvalue weighted by atomic mass is 10.2. The topological polar surface area (TPSA) is 32.3 Å². The third kappa shape index (κ3) is 7.33. The fourth-order valence-electron chi connectivity index (χ4n) is 1.18. The fraction of sp³-hybridized carbons (Fsp3) is 0.900. The van der Waals surface area contributed by atoms with Gasteiger partial charge in [-0.1, -0.05) is 15.9 Å². The SMILES string of the molecule is CNCCCN(C)C(=O)CCCCBr. The Bertz CT molecular complexity index is 153. The van der Waals surface area contributed by atoms with E-state index in [2.05, 4.69) is 21.2 Å². The van der Waals surface area contributed by atoms with Crippen LogP contribution in [0.15, 0.2) is 0 Å². The average Bonchev–Trinajstić information content (AvgIpc) is 2.18. The molecule has 0 bridgehead atoms. The molecule has 0 aliphatic rings. The van der Waals surface area contributed by atoms with E-state index >= 15 is 0 Å². The summed E-state index contributed by atoms with van der Waals surface area (Å²) in [6.07, 6.45) is 3.77. The van der Waals surface area contributed by atoms with Crippen LogP contribution in [-0.2, 0) is 4.79 Å². The van der Waals surface area contributed by atoms with Crippen LogP contribution in [0.25, 0.3) is 0 Å². The van der Waals surface area contributed by atoms with Crippen LogP contribution in [0.3, 0.4) is 0 Å². The van der Waals surface area contributed by atoms with Gasteiger partial charge in [0.1, 0.15) is 0 Å². The number of carbonyl (C=O) groups is 1. The average molecular weight is 265 g/mol. The lowest BCUT2D eigenvalue weighted by Crippen LogP contribution is -2.29. The van der Waals surface area contributed by atoms with Gasteiger partial charge in [0.25, 0.3) is 0 Å². The van der Waals surface area contributed by atoms with Crippen LogP contribution in [0.1, 0.15) is 25.7 Å². The number of halogens is 1. The molecular weight excluding hydrogens is 244 g/mol. The molecule has 0 aliphatic heterocycles. The first-order valence-electron chi connectivity index (χ1n) is 5.17. The van der Waals surface area contributed by atoms with Crippen LogP contribution < -0.4 is 5.32 Å². The van der Waals surface area contributed by atoms with Gasteiger partial charge >= 0.3 is 0 Å². The molecule has 14 heavy (non-hydrogen) atoms. The van der Waals surface area contributed by atoms with E-state index in [0.29, 0.717) is 6.42 Å². The first-order chi connectivity index (χ1) is 6.72. The molecule has 0 aromatic carbocycles. The maximum atomic E-state index is 11.5. The normalized spacial score (nSPS) is 10.2. The standard InChI is InChI=1S/C10H21BrN2O/c1-12-8-5-9-13(2)10(14)6-3-4-7-11/h12H,3-9H2,1-2H3. The Morgan fingerprint density at radius 1 is 1.36 bits per heavy atom. The van der Waals surface area contributed by atoms with Crippen molar-refractivity contribution in [3.05, 3.63) is 0 Å². The molecular formula is C10H21BrN2O. The molecule has 0 unspecified atom stereocenters. The summed E-state index contributed by atoms with van der Waals surface area (Å²) >= 11 is 3.35. The highest BCUT2D eigenvalue weighted by atomic mass is 79.9. The van der Waals surface area contributed by atoms with Crippen LogP contribution in [0, 0.1) is 0 Å². The van der Waals surface area contributed by atoms with Crippen molar-refractivity contribution in [2.75, 3.05) is 32.5 Å². The van der Waals surface area contributed by atoms with Crippen molar-refractivity contribution >= 4 is 21.8 Å². The minimum absolute atomic E-state index is 0.266. The van der Waals surface area contributed by atoms with Crippen LogP contribution >= 0.6 is 15.9 Å². The third-order valence-corrected chi connectivity index (χ3v) is 2.68. The van der Waals surface area contributed by atoms with Crippen molar-refractivity contribution < 1.29 is 4.79 Å². The van der Waals surface area contributed by atoms with Gasteiger partial charge in [-0.25, -0.2) is 0 Å². The zero-order valence-corrected chi connectivity index (χ0v) is 10.8. The predicted octanol–water partition coefficient (Wildman–Crippen LogP) is 1.62. The molecule has 0 aromatic heterocycles. The van der Waals surface area contributed by atoms with Gasteiger partial charge in [-0.05, 0) is 32.9 Å². The summed E-state index contributed by atoms with van der Waals surface area (Å²) in [6, 6.07) is 0. The van der Waals surface area contributed by atoms with Crippen molar-refractivity contribution in [1.82, 2.24) is 10.2 Å². The lowest BCUT2D eigenvalue weighted by Gasteiger charge is -2.16. The van der Waals surface area contributed by atoms with E-state index in [-0.39, 0.29) is 5.91 Å². The number of carbonyl (C=O) groups excluding carboxylic acids is 1. The molecule has 0 saturated heterocycles. The van der Waals surface area contributed by atoms with Crippen LogP contribution in [0.4, 0.5) is 0 Å². The summed E-state index contributed by atoms with van der Waals surface area (Å²) in [5.74, 6) is 0.266. The Balaban J connectivity index is 3.44. The molecule has 0 fully saturated rings. The fourth-order valence-corrected chi connectivity index (χ4v) is 1.58. The zero-order chi connectivity index (χ0) is 10.8. The summed E-state index contributed by atoms with van der Waals surface area (Å²) in [5.41, 5.74) is 0. The number of amides is 1. The van der Waals surface area contributed by atoms with Gasteiger partial charge < -0.3 is 10.2 Å². The van der Waals surface area contributed by atoms with Gasteiger partial charge in [0.2, 0.25) is 5.91 Å². The van der Waals surface area contributed by atoms with Crippen molar-refractivity contribution in [3.63, 3.8) is 0 Å². The second kappa shape index (κ2) is 9.46. The van der Waals surface area contributed by atoms with E-state index in [0.717, 1.165) is 37.7 Å². The molecule has 1 N–H and O–H groups in total.